The molecule has 0 radical (unpaired) electrons. The Morgan fingerprint density at radius 3 is 1.96 bits per heavy atom. The van der Waals surface area contributed by atoms with Crippen LogP contribution in [-0.4, -0.2) is 11.4 Å². The summed E-state index contributed by atoms with van der Waals surface area (Å²) in [5, 5.41) is 0.829. The van der Waals surface area contributed by atoms with E-state index in [2.05, 4.69) is 23.1 Å². The summed E-state index contributed by atoms with van der Waals surface area (Å²) >= 11 is 12.6. The standard InChI is InChI=1S/C19H20Cl2N2.C4H8/c1-6-11-22-12-14(3)16(5)23-19(21)18(15(4)20)17-9-7-13(2)8-10-17;1-3-4-2/h6-12H,3,5H2,1-2,4H3;3-4H,1-2H3/b11-6-,18-15+,22-12?,23-19?;4-3-. The highest BCUT2D eigenvalue weighted by Gasteiger charge is 2.11. The van der Waals surface area contributed by atoms with E-state index in [1.807, 2.05) is 70.2 Å². The van der Waals surface area contributed by atoms with Gasteiger partial charge in [0.25, 0.3) is 0 Å². The largest absolute Gasteiger partial charge is 0.264 e. The van der Waals surface area contributed by atoms with E-state index in [4.69, 9.17) is 23.2 Å². The molecule has 1 aromatic rings. The van der Waals surface area contributed by atoms with E-state index in [-0.39, 0.29) is 5.17 Å². The van der Waals surface area contributed by atoms with Gasteiger partial charge in [0.15, 0.2) is 0 Å². The maximum Gasteiger partial charge on any atom is 0.138 e. The van der Waals surface area contributed by atoms with E-state index in [0.29, 0.717) is 21.9 Å². The summed E-state index contributed by atoms with van der Waals surface area (Å²) in [5.74, 6) is 0. The summed E-state index contributed by atoms with van der Waals surface area (Å²) in [7, 11) is 0. The van der Waals surface area contributed by atoms with Gasteiger partial charge in [-0.25, -0.2) is 4.99 Å². The lowest BCUT2D eigenvalue weighted by Gasteiger charge is -2.09. The van der Waals surface area contributed by atoms with Crippen molar-refractivity contribution >= 4 is 40.2 Å². The Labute approximate surface area is 174 Å². The van der Waals surface area contributed by atoms with Gasteiger partial charge in [0.1, 0.15) is 5.17 Å². The van der Waals surface area contributed by atoms with Gasteiger partial charge in [0.05, 0.1) is 5.70 Å². The van der Waals surface area contributed by atoms with Crippen LogP contribution < -0.4 is 0 Å². The zero-order valence-electron chi connectivity index (χ0n) is 16.8. The van der Waals surface area contributed by atoms with Gasteiger partial charge < -0.3 is 0 Å². The molecule has 0 spiro atoms. The minimum absolute atomic E-state index is 0.270. The molecule has 4 heteroatoms. The number of hydrogen-bond acceptors (Lipinski definition) is 2. The van der Waals surface area contributed by atoms with Gasteiger partial charge in [0, 0.05) is 28.6 Å². The summed E-state index contributed by atoms with van der Waals surface area (Å²) in [5.41, 5.74) is 3.75. The molecule has 0 saturated heterocycles. The number of aliphatic imine (C=N–C) groups is 2. The lowest BCUT2D eigenvalue weighted by molar-refractivity contribution is 1.40. The maximum atomic E-state index is 6.36. The van der Waals surface area contributed by atoms with Crippen LogP contribution in [0, 0.1) is 6.92 Å². The fraction of sp³-hybridized carbons (Fsp3) is 0.217. The highest BCUT2D eigenvalue weighted by atomic mass is 35.5. The van der Waals surface area contributed by atoms with Gasteiger partial charge in [-0.05, 0) is 40.2 Å². The zero-order valence-corrected chi connectivity index (χ0v) is 18.3. The topological polar surface area (TPSA) is 24.7 Å². The first-order valence-electron chi connectivity index (χ1n) is 8.56. The molecule has 2 nitrogen and oxygen atoms in total. The first kappa shape index (κ1) is 24.8. The van der Waals surface area contributed by atoms with Crippen LogP contribution in [0.5, 0.6) is 0 Å². The van der Waals surface area contributed by atoms with Crippen LogP contribution in [0.1, 0.15) is 38.8 Å². The van der Waals surface area contributed by atoms with Crippen molar-refractivity contribution in [2.75, 3.05) is 0 Å². The molecule has 0 unspecified atom stereocenters. The maximum absolute atomic E-state index is 6.36. The van der Waals surface area contributed by atoms with Gasteiger partial charge in [-0.15, -0.1) is 0 Å². The van der Waals surface area contributed by atoms with Crippen molar-refractivity contribution in [3.05, 3.63) is 89.3 Å². The Bertz CT molecular complexity index is 769. The molecule has 0 fully saturated rings. The average Bonchev–Trinajstić information content (AvgIpc) is 2.63. The third-order valence-corrected chi connectivity index (χ3v) is 3.76. The Balaban J connectivity index is 0.00000153. The Morgan fingerprint density at radius 1 is 0.963 bits per heavy atom. The van der Waals surface area contributed by atoms with Crippen LogP contribution in [0.15, 0.2) is 88.1 Å². The lowest BCUT2D eigenvalue weighted by atomic mass is 10.0. The van der Waals surface area contributed by atoms with Crippen LogP contribution in [0.25, 0.3) is 5.57 Å². The van der Waals surface area contributed by atoms with Crippen molar-refractivity contribution in [2.45, 2.75) is 34.6 Å². The fourth-order valence-electron chi connectivity index (χ4n) is 1.72. The number of nitrogens with zero attached hydrogens (tertiary/aromatic N) is 2. The average molecular weight is 403 g/mol. The Morgan fingerprint density at radius 2 is 1.52 bits per heavy atom. The molecule has 0 aliphatic rings. The summed E-state index contributed by atoms with van der Waals surface area (Å²) in [6.45, 7) is 17.4. The second-order valence-electron chi connectivity index (χ2n) is 5.58. The predicted molar refractivity (Wildman–Crippen MR) is 125 cm³/mol. The predicted octanol–water partition coefficient (Wildman–Crippen LogP) is 7.86. The van der Waals surface area contributed by atoms with Crippen molar-refractivity contribution in [2.24, 2.45) is 9.98 Å². The molecule has 1 rings (SSSR count). The molecule has 0 atom stereocenters. The number of hydrogen-bond donors (Lipinski definition) is 0. The van der Waals surface area contributed by atoms with Gasteiger partial charge >= 0.3 is 0 Å². The van der Waals surface area contributed by atoms with Crippen molar-refractivity contribution in [1.82, 2.24) is 0 Å². The molecule has 0 aliphatic heterocycles. The molecule has 27 heavy (non-hydrogen) atoms. The van der Waals surface area contributed by atoms with Crippen molar-refractivity contribution in [3.8, 4) is 0 Å². The highest BCUT2D eigenvalue weighted by molar-refractivity contribution is 6.77. The van der Waals surface area contributed by atoms with Gasteiger partial charge in [-0.2, -0.15) is 0 Å². The molecule has 0 heterocycles. The molecular weight excluding hydrogens is 375 g/mol. The monoisotopic (exact) mass is 402 g/mol. The molecular formula is C23H28Cl2N2. The Hall–Kier alpha value is -2.16. The van der Waals surface area contributed by atoms with Gasteiger partial charge in [-0.3, -0.25) is 4.99 Å². The first-order chi connectivity index (χ1) is 12.8. The fourth-order valence-corrected chi connectivity index (χ4v) is 2.32. The molecule has 0 aliphatic carbocycles. The highest BCUT2D eigenvalue weighted by Crippen LogP contribution is 2.26. The van der Waals surface area contributed by atoms with E-state index in [9.17, 15) is 0 Å². The van der Waals surface area contributed by atoms with Crippen LogP contribution in [0.3, 0.4) is 0 Å². The zero-order chi connectivity index (χ0) is 20.8. The normalized spacial score (nSPS) is 12.9. The second-order valence-corrected chi connectivity index (χ2v) is 6.50. The minimum atomic E-state index is 0.270. The van der Waals surface area contributed by atoms with E-state index in [1.54, 1.807) is 19.3 Å². The second kappa shape index (κ2) is 14.0. The quantitative estimate of drug-likeness (QED) is 0.262. The number of benzene rings is 1. The first-order valence-corrected chi connectivity index (χ1v) is 9.31. The van der Waals surface area contributed by atoms with Crippen LogP contribution >= 0.6 is 23.2 Å². The van der Waals surface area contributed by atoms with E-state index < -0.39 is 0 Å². The van der Waals surface area contributed by atoms with E-state index >= 15 is 0 Å². The smallest absolute Gasteiger partial charge is 0.138 e. The van der Waals surface area contributed by atoms with Crippen molar-refractivity contribution in [1.29, 1.82) is 0 Å². The number of halogens is 2. The van der Waals surface area contributed by atoms with Crippen LogP contribution in [0.2, 0.25) is 0 Å². The van der Waals surface area contributed by atoms with Crippen molar-refractivity contribution < 1.29 is 0 Å². The third kappa shape index (κ3) is 9.93. The van der Waals surface area contributed by atoms with Crippen LogP contribution in [-0.2, 0) is 0 Å². The molecule has 0 bridgehead atoms. The summed E-state index contributed by atoms with van der Waals surface area (Å²) in [6, 6.07) is 7.91. The van der Waals surface area contributed by atoms with Gasteiger partial charge in [0.2, 0.25) is 0 Å². The summed E-state index contributed by atoms with van der Waals surface area (Å²) < 4.78 is 0. The van der Waals surface area contributed by atoms with E-state index in [0.717, 1.165) is 11.1 Å². The number of allylic oxidation sites excluding steroid dienone is 6. The molecule has 0 N–H and O–H groups in total. The van der Waals surface area contributed by atoms with Crippen LogP contribution in [0.4, 0.5) is 0 Å². The van der Waals surface area contributed by atoms with Crippen molar-refractivity contribution in [3.63, 3.8) is 0 Å². The minimum Gasteiger partial charge on any atom is -0.264 e. The summed E-state index contributed by atoms with van der Waals surface area (Å²) in [6.07, 6.45) is 9.06. The molecule has 0 aromatic heterocycles. The van der Waals surface area contributed by atoms with Gasteiger partial charge in [-0.1, -0.05) is 84.4 Å². The third-order valence-electron chi connectivity index (χ3n) is 3.29. The summed E-state index contributed by atoms with van der Waals surface area (Å²) in [4.78, 5) is 8.36. The van der Waals surface area contributed by atoms with E-state index in [1.165, 1.54) is 0 Å². The SMILES string of the molecule is C/C=C\C.C=C(C=N/C=C\C)C(=C)N=C(Cl)/C(=C(\C)Cl)c1ccc(C)cc1. The molecule has 0 amide bonds. The molecule has 144 valence electrons. The number of rotatable bonds is 6. The lowest BCUT2D eigenvalue weighted by Crippen LogP contribution is -1.98. The number of aryl methyl sites for hydroxylation is 1. The Kier molecular flexibility index (Phi) is 12.8. The molecule has 0 saturated carbocycles. The molecule has 1 aromatic carbocycles.